The Hall–Kier alpha value is -2.14. The summed E-state index contributed by atoms with van der Waals surface area (Å²) >= 11 is 5.49. The molecule has 0 spiro atoms. The number of hydrogen-bond donors (Lipinski definition) is 2. The molecule has 24 heavy (non-hydrogen) atoms. The summed E-state index contributed by atoms with van der Waals surface area (Å²) in [7, 11) is 0. The molecule has 1 atom stereocenters. The van der Waals surface area contributed by atoms with E-state index in [1.165, 1.54) is 5.56 Å². The van der Waals surface area contributed by atoms with Gasteiger partial charge in [-0.25, -0.2) is 4.98 Å². The number of pyridine rings is 1. The summed E-state index contributed by atoms with van der Waals surface area (Å²) < 4.78 is 6.13. The van der Waals surface area contributed by atoms with Crippen LogP contribution in [-0.4, -0.2) is 15.7 Å². The number of rotatable bonds is 2. The monoisotopic (exact) mass is 341 g/mol. The van der Waals surface area contributed by atoms with Crippen LogP contribution in [0.25, 0.3) is 0 Å². The molecule has 0 bridgehead atoms. The number of aromatic nitrogens is 1. The molecule has 0 radical (unpaired) electrons. The molecule has 0 unspecified atom stereocenters. The standard InChI is InChI=1S/C19H23N3OS/c1-12-5-6-14-15(11-19(3,4)23-16(14)9-12)21-18(24)22-17-10-13(2)7-8-20-17/h5-10,15H,11H2,1-4H3,(H2,20,21,22,24)/t15-/m0/s1. The molecule has 2 heterocycles. The van der Waals surface area contributed by atoms with Crippen LogP contribution in [0.3, 0.4) is 0 Å². The van der Waals surface area contributed by atoms with Crippen molar-refractivity contribution in [2.45, 2.75) is 45.8 Å². The zero-order chi connectivity index (χ0) is 17.3. The number of nitrogens with one attached hydrogen (secondary N) is 2. The van der Waals surface area contributed by atoms with E-state index in [1.807, 2.05) is 19.1 Å². The van der Waals surface area contributed by atoms with Crippen molar-refractivity contribution in [1.82, 2.24) is 10.3 Å². The minimum absolute atomic E-state index is 0.106. The molecule has 1 aliphatic rings. The maximum absolute atomic E-state index is 6.13. The number of ether oxygens (including phenoxy) is 1. The molecule has 3 rings (SSSR count). The van der Waals surface area contributed by atoms with Crippen LogP contribution in [0.4, 0.5) is 5.82 Å². The van der Waals surface area contributed by atoms with Gasteiger partial charge in [0.1, 0.15) is 17.2 Å². The van der Waals surface area contributed by atoms with E-state index in [2.05, 4.69) is 54.6 Å². The molecule has 5 heteroatoms. The van der Waals surface area contributed by atoms with E-state index >= 15 is 0 Å². The second kappa shape index (κ2) is 6.40. The Morgan fingerprint density at radius 2 is 1.96 bits per heavy atom. The highest BCUT2D eigenvalue weighted by molar-refractivity contribution is 7.80. The average Bonchev–Trinajstić information content (AvgIpc) is 2.45. The van der Waals surface area contributed by atoms with Crippen molar-refractivity contribution < 1.29 is 4.74 Å². The van der Waals surface area contributed by atoms with Gasteiger partial charge in [-0.1, -0.05) is 12.1 Å². The maximum Gasteiger partial charge on any atom is 0.172 e. The molecule has 2 aromatic rings. The molecule has 2 N–H and O–H groups in total. The van der Waals surface area contributed by atoms with Gasteiger partial charge in [0, 0.05) is 18.2 Å². The number of benzene rings is 1. The highest BCUT2D eigenvalue weighted by atomic mass is 32.1. The van der Waals surface area contributed by atoms with Gasteiger partial charge in [0.2, 0.25) is 0 Å². The second-order valence-electron chi connectivity index (χ2n) is 6.98. The Bertz CT molecular complexity index is 773. The number of thiocarbonyl (C=S) groups is 1. The van der Waals surface area contributed by atoms with Crippen LogP contribution in [0, 0.1) is 13.8 Å². The van der Waals surface area contributed by atoms with Crippen molar-refractivity contribution in [2.24, 2.45) is 0 Å². The molecule has 0 amide bonds. The van der Waals surface area contributed by atoms with Crippen LogP contribution in [-0.2, 0) is 0 Å². The SMILES string of the molecule is Cc1ccnc(NC(=S)N[C@H]2CC(C)(C)Oc3cc(C)ccc32)c1. The molecule has 0 fully saturated rings. The highest BCUT2D eigenvalue weighted by Crippen LogP contribution is 2.39. The number of fused-ring (bicyclic) bond motifs is 1. The lowest BCUT2D eigenvalue weighted by Crippen LogP contribution is -2.42. The van der Waals surface area contributed by atoms with Gasteiger partial charge >= 0.3 is 0 Å². The second-order valence-corrected chi connectivity index (χ2v) is 7.38. The lowest BCUT2D eigenvalue weighted by atomic mass is 9.89. The summed E-state index contributed by atoms with van der Waals surface area (Å²) in [5.74, 6) is 1.68. The molecule has 0 saturated carbocycles. The van der Waals surface area contributed by atoms with Gasteiger partial charge in [-0.3, -0.25) is 0 Å². The highest BCUT2D eigenvalue weighted by Gasteiger charge is 2.34. The maximum atomic E-state index is 6.13. The largest absolute Gasteiger partial charge is 0.487 e. The lowest BCUT2D eigenvalue weighted by Gasteiger charge is -2.38. The van der Waals surface area contributed by atoms with Crippen LogP contribution >= 0.6 is 12.2 Å². The van der Waals surface area contributed by atoms with E-state index in [0.717, 1.165) is 29.1 Å². The Balaban J connectivity index is 1.78. The molecule has 1 aliphatic heterocycles. The summed E-state index contributed by atoms with van der Waals surface area (Å²) in [6.07, 6.45) is 2.61. The summed E-state index contributed by atoms with van der Waals surface area (Å²) in [4.78, 5) is 4.29. The zero-order valence-electron chi connectivity index (χ0n) is 14.5. The first kappa shape index (κ1) is 16.7. The number of aryl methyl sites for hydroxylation is 2. The topological polar surface area (TPSA) is 46.2 Å². The van der Waals surface area contributed by atoms with E-state index in [9.17, 15) is 0 Å². The van der Waals surface area contributed by atoms with Crippen molar-refractivity contribution in [1.29, 1.82) is 0 Å². The number of nitrogens with zero attached hydrogens (tertiary/aromatic N) is 1. The van der Waals surface area contributed by atoms with Crippen molar-refractivity contribution in [3.63, 3.8) is 0 Å². The molecule has 1 aromatic carbocycles. The summed E-state index contributed by atoms with van der Waals surface area (Å²) in [6, 6.07) is 10.3. The average molecular weight is 341 g/mol. The van der Waals surface area contributed by atoms with Crippen LogP contribution in [0.2, 0.25) is 0 Å². The molecular formula is C19H23N3OS. The molecule has 126 valence electrons. The fraction of sp³-hybridized carbons (Fsp3) is 0.368. The zero-order valence-corrected chi connectivity index (χ0v) is 15.3. The van der Waals surface area contributed by atoms with Crippen molar-refractivity contribution in [3.8, 4) is 5.75 Å². The van der Waals surface area contributed by atoms with E-state index < -0.39 is 0 Å². The quantitative estimate of drug-likeness (QED) is 0.798. The Morgan fingerprint density at radius 3 is 2.71 bits per heavy atom. The van der Waals surface area contributed by atoms with Gasteiger partial charge in [0.05, 0.1) is 6.04 Å². The summed E-state index contributed by atoms with van der Waals surface area (Å²) in [6.45, 7) is 8.31. The fourth-order valence-electron chi connectivity index (χ4n) is 3.00. The van der Waals surface area contributed by atoms with Crippen LogP contribution in [0.15, 0.2) is 36.5 Å². The first-order valence-corrected chi connectivity index (χ1v) is 8.53. The van der Waals surface area contributed by atoms with Gasteiger partial charge in [0.15, 0.2) is 5.11 Å². The Morgan fingerprint density at radius 1 is 1.21 bits per heavy atom. The molecular weight excluding hydrogens is 318 g/mol. The van der Waals surface area contributed by atoms with Gasteiger partial charge in [-0.05, 0) is 69.2 Å². The number of hydrogen-bond acceptors (Lipinski definition) is 3. The Kier molecular flexibility index (Phi) is 4.45. The van der Waals surface area contributed by atoms with Gasteiger partial charge < -0.3 is 15.4 Å². The smallest absolute Gasteiger partial charge is 0.172 e. The van der Waals surface area contributed by atoms with Gasteiger partial charge in [-0.2, -0.15) is 0 Å². The third-order valence-electron chi connectivity index (χ3n) is 4.09. The van der Waals surface area contributed by atoms with Gasteiger partial charge in [-0.15, -0.1) is 0 Å². The molecule has 1 aromatic heterocycles. The van der Waals surface area contributed by atoms with E-state index in [4.69, 9.17) is 17.0 Å². The minimum Gasteiger partial charge on any atom is -0.487 e. The Labute approximate surface area is 148 Å². The fourth-order valence-corrected chi connectivity index (χ4v) is 3.25. The van der Waals surface area contributed by atoms with Crippen molar-refractivity contribution >= 4 is 23.1 Å². The lowest BCUT2D eigenvalue weighted by molar-refractivity contribution is 0.0696. The van der Waals surface area contributed by atoms with E-state index in [0.29, 0.717) is 5.11 Å². The molecule has 0 saturated heterocycles. The summed E-state index contributed by atoms with van der Waals surface area (Å²) in [5, 5.41) is 7.16. The predicted molar refractivity (Wildman–Crippen MR) is 102 cm³/mol. The minimum atomic E-state index is -0.240. The van der Waals surface area contributed by atoms with E-state index in [-0.39, 0.29) is 11.6 Å². The van der Waals surface area contributed by atoms with Crippen LogP contribution in [0.1, 0.15) is 43.0 Å². The normalized spacial score (nSPS) is 18.2. The number of anilines is 1. The first-order valence-electron chi connectivity index (χ1n) is 8.12. The first-order chi connectivity index (χ1) is 11.3. The van der Waals surface area contributed by atoms with E-state index in [1.54, 1.807) is 6.20 Å². The predicted octanol–water partition coefficient (Wildman–Crippen LogP) is 4.29. The third-order valence-corrected chi connectivity index (χ3v) is 4.31. The van der Waals surface area contributed by atoms with Crippen LogP contribution in [0.5, 0.6) is 5.75 Å². The summed E-state index contributed by atoms with van der Waals surface area (Å²) in [5.41, 5.74) is 3.23. The molecule has 4 nitrogen and oxygen atoms in total. The van der Waals surface area contributed by atoms with Crippen molar-refractivity contribution in [2.75, 3.05) is 5.32 Å². The van der Waals surface area contributed by atoms with Crippen molar-refractivity contribution in [3.05, 3.63) is 53.2 Å². The molecule has 0 aliphatic carbocycles. The van der Waals surface area contributed by atoms with Gasteiger partial charge in [0.25, 0.3) is 0 Å². The van der Waals surface area contributed by atoms with Crippen LogP contribution < -0.4 is 15.4 Å². The third kappa shape index (κ3) is 3.85.